The van der Waals surface area contributed by atoms with Gasteiger partial charge in [-0.3, -0.25) is 0 Å². The summed E-state index contributed by atoms with van der Waals surface area (Å²) in [6.07, 6.45) is -2.91. The number of aromatic nitrogens is 2. The number of rotatable bonds is 5. The molecule has 4 rings (SSSR count). The molecule has 10 heteroatoms. The first-order valence-corrected chi connectivity index (χ1v) is 9.09. The Morgan fingerprint density at radius 2 is 1.65 bits per heavy atom. The van der Waals surface area contributed by atoms with Crippen molar-refractivity contribution in [1.82, 2.24) is 10.1 Å². The summed E-state index contributed by atoms with van der Waals surface area (Å²) in [5, 5.41) is 8.66. The highest BCUT2D eigenvalue weighted by atomic mass is 19.4. The number of para-hydroxylation sites is 2. The summed E-state index contributed by atoms with van der Waals surface area (Å²) in [5.74, 6) is 1.01. The van der Waals surface area contributed by atoms with E-state index in [0.717, 1.165) is 6.07 Å². The molecule has 0 saturated carbocycles. The Morgan fingerprint density at radius 1 is 0.935 bits per heavy atom. The molecule has 4 aromatic rings. The fourth-order valence-corrected chi connectivity index (χ4v) is 2.91. The zero-order chi connectivity index (χ0) is 21.8. The van der Waals surface area contributed by atoms with Crippen molar-refractivity contribution in [3.8, 4) is 11.6 Å². The van der Waals surface area contributed by atoms with Crippen LogP contribution in [0.25, 0.3) is 11.6 Å². The molecule has 2 heterocycles. The maximum atomic E-state index is 13.1. The second-order valence-corrected chi connectivity index (χ2v) is 6.45. The molecule has 0 atom stereocenters. The molecule has 0 saturated heterocycles. The highest BCUT2D eigenvalue weighted by Gasteiger charge is 2.33. The number of amides is 2. The van der Waals surface area contributed by atoms with E-state index >= 15 is 0 Å². The summed E-state index contributed by atoms with van der Waals surface area (Å²) in [7, 11) is 0. The van der Waals surface area contributed by atoms with Crippen LogP contribution in [-0.2, 0) is 12.6 Å². The smallest absolute Gasteiger partial charge is 0.418 e. The Labute approximate surface area is 173 Å². The lowest BCUT2D eigenvalue weighted by molar-refractivity contribution is -0.136. The number of nitrogens with zero attached hydrogens (tertiary/aromatic N) is 2. The molecule has 31 heavy (non-hydrogen) atoms. The van der Waals surface area contributed by atoms with E-state index in [1.807, 2.05) is 0 Å². The van der Waals surface area contributed by atoms with Crippen molar-refractivity contribution in [2.24, 2.45) is 0 Å². The van der Waals surface area contributed by atoms with Crippen LogP contribution in [0.5, 0.6) is 0 Å². The Kier molecular flexibility index (Phi) is 5.44. The van der Waals surface area contributed by atoms with Crippen LogP contribution in [-0.4, -0.2) is 16.2 Å². The zero-order valence-electron chi connectivity index (χ0n) is 15.8. The molecule has 0 aliphatic rings. The monoisotopic (exact) mass is 428 g/mol. The van der Waals surface area contributed by atoms with Gasteiger partial charge < -0.3 is 19.6 Å². The lowest BCUT2D eigenvalue weighted by atomic mass is 10.1. The molecule has 0 aliphatic heterocycles. The van der Waals surface area contributed by atoms with Crippen LogP contribution in [0, 0.1) is 0 Å². The Morgan fingerprint density at radius 3 is 2.39 bits per heavy atom. The number of hydrogen-bond acceptors (Lipinski definition) is 5. The van der Waals surface area contributed by atoms with Crippen LogP contribution in [0.15, 0.2) is 75.9 Å². The predicted octanol–water partition coefficient (Wildman–Crippen LogP) is 5.58. The summed E-state index contributed by atoms with van der Waals surface area (Å²) in [4.78, 5) is 16.6. The average Bonchev–Trinajstić information content (AvgIpc) is 3.41. The largest absolute Gasteiger partial charge is 0.461 e. The van der Waals surface area contributed by atoms with E-state index < -0.39 is 17.8 Å². The number of hydrogen-bond donors (Lipinski definition) is 2. The third kappa shape index (κ3) is 4.74. The van der Waals surface area contributed by atoms with Crippen LogP contribution in [0.4, 0.5) is 29.3 Å². The van der Waals surface area contributed by atoms with Crippen molar-refractivity contribution < 1.29 is 26.9 Å². The molecular formula is C21H15F3N4O3. The Balaban J connectivity index is 1.49. The molecule has 0 aliphatic carbocycles. The van der Waals surface area contributed by atoms with Gasteiger partial charge in [-0.2, -0.15) is 18.2 Å². The molecule has 0 unspecified atom stereocenters. The fraction of sp³-hybridized carbons (Fsp3) is 0.0952. The molecule has 0 bridgehead atoms. The highest BCUT2D eigenvalue weighted by molar-refractivity contribution is 6.00. The summed E-state index contributed by atoms with van der Waals surface area (Å²) in [6, 6.07) is 14.1. The number of anilines is 2. The van der Waals surface area contributed by atoms with E-state index in [1.165, 1.54) is 24.5 Å². The molecule has 2 N–H and O–H groups in total. The van der Waals surface area contributed by atoms with Crippen LogP contribution in [0.1, 0.15) is 17.0 Å². The normalized spacial score (nSPS) is 11.3. The molecular weight excluding hydrogens is 413 g/mol. The minimum absolute atomic E-state index is 0.198. The zero-order valence-corrected chi connectivity index (χ0v) is 15.8. The van der Waals surface area contributed by atoms with Gasteiger partial charge in [0.15, 0.2) is 5.76 Å². The minimum atomic E-state index is -4.59. The average molecular weight is 428 g/mol. The molecule has 2 amide bonds. The molecule has 0 radical (unpaired) electrons. The number of carbonyl (C=O) groups is 1. The van der Waals surface area contributed by atoms with E-state index in [4.69, 9.17) is 8.94 Å². The van der Waals surface area contributed by atoms with Gasteiger partial charge >= 0.3 is 12.2 Å². The first kappa shape index (κ1) is 20.2. The number of furan rings is 1. The van der Waals surface area contributed by atoms with Crippen LogP contribution >= 0.6 is 0 Å². The first-order valence-electron chi connectivity index (χ1n) is 9.09. The SMILES string of the molecule is O=C(Nc1ccccc1Cc1nc(-c2ccco2)no1)Nc1ccccc1C(F)(F)F. The lowest BCUT2D eigenvalue weighted by Crippen LogP contribution is -2.22. The van der Waals surface area contributed by atoms with Gasteiger partial charge in [-0.05, 0) is 35.9 Å². The highest BCUT2D eigenvalue weighted by Crippen LogP contribution is 2.34. The van der Waals surface area contributed by atoms with Crippen molar-refractivity contribution in [2.75, 3.05) is 10.6 Å². The summed E-state index contributed by atoms with van der Waals surface area (Å²) < 4.78 is 49.8. The number of halogens is 3. The number of alkyl halides is 3. The van der Waals surface area contributed by atoms with Crippen molar-refractivity contribution in [3.63, 3.8) is 0 Å². The van der Waals surface area contributed by atoms with Crippen LogP contribution < -0.4 is 10.6 Å². The number of carbonyl (C=O) groups excluding carboxylic acids is 1. The predicted molar refractivity (Wildman–Crippen MR) is 105 cm³/mol. The quantitative estimate of drug-likeness (QED) is 0.433. The molecule has 7 nitrogen and oxygen atoms in total. The first-order chi connectivity index (χ1) is 14.9. The molecule has 0 spiro atoms. The van der Waals surface area contributed by atoms with Crippen molar-refractivity contribution in [2.45, 2.75) is 12.6 Å². The number of nitrogens with one attached hydrogen (secondary N) is 2. The van der Waals surface area contributed by atoms with Gasteiger partial charge in [0.1, 0.15) is 0 Å². The summed E-state index contributed by atoms with van der Waals surface area (Å²) >= 11 is 0. The molecule has 158 valence electrons. The van der Waals surface area contributed by atoms with Crippen LogP contribution in [0.2, 0.25) is 0 Å². The Hall–Kier alpha value is -4.08. The van der Waals surface area contributed by atoms with Gasteiger partial charge in [0.2, 0.25) is 11.7 Å². The second kappa shape index (κ2) is 8.34. The lowest BCUT2D eigenvalue weighted by Gasteiger charge is -2.15. The van der Waals surface area contributed by atoms with Crippen LogP contribution in [0.3, 0.4) is 0 Å². The minimum Gasteiger partial charge on any atom is -0.461 e. The molecule has 0 fully saturated rings. The van der Waals surface area contributed by atoms with E-state index in [1.54, 1.807) is 36.4 Å². The maximum absolute atomic E-state index is 13.1. The van der Waals surface area contributed by atoms with Crippen molar-refractivity contribution >= 4 is 17.4 Å². The fourth-order valence-electron chi connectivity index (χ4n) is 2.91. The third-order valence-electron chi connectivity index (χ3n) is 4.30. The maximum Gasteiger partial charge on any atom is 0.418 e. The van der Waals surface area contributed by atoms with E-state index in [-0.39, 0.29) is 23.8 Å². The summed E-state index contributed by atoms with van der Waals surface area (Å²) in [6.45, 7) is 0. The van der Waals surface area contributed by atoms with Gasteiger partial charge in [0.05, 0.1) is 23.9 Å². The summed E-state index contributed by atoms with van der Waals surface area (Å²) in [5.41, 5.74) is -0.252. The van der Waals surface area contributed by atoms with Gasteiger partial charge in [0, 0.05) is 5.69 Å². The third-order valence-corrected chi connectivity index (χ3v) is 4.30. The van der Waals surface area contributed by atoms with Crippen molar-refractivity contribution in [3.05, 3.63) is 83.9 Å². The second-order valence-electron chi connectivity index (χ2n) is 6.45. The van der Waals surface area contributed by atoms with Crippen molar-refractivity contribution in [1.29, 1.82) is 0 Å². The molecule has 2 aromatic carbocycles. The topological polar surface area (TPSA) is 93.2 Å². The van der Waals surface area contributed by atoms with E-state index in [0.29, 0.717) is 17.0 Å². The van der Waals surface area contributed by atoms with E-state index in [2.05, 4.69) is 20.8 Å². The standard InChI is InChI=1S/C21H15F3N4O3/c22-21(23,24)14-7-2-4-9-16(14)26-20(29)25-15-8-3-1-6-13(15)12-18-27-19(28-31-18)17-10-5-11-30-17/h1-11H,12H2,(H2,25,26,29). The Bertz CT molecular complexity index is 1190. The van der Waals surface area contributed by atoms with E-state index in [9.17, 15) is 18.0 Å². The van der Waals surface area contributed by atoms with Gasteiger partial charge in [-0.25, -0.2) is 4.79 Å². The van der Waals surface area contributed by atoms with Gasteiger partial charge in [-0.1, -0.05) is 35.5 Å². The molecule has 2 aromatic heterocycles. The van der Waals surface area contributed by atoms with Gasteiger partial charge in [0.25, 0.3) is 0 Å². The number of benzene rings is 2. The van der Waals surface area contributed by atoms with Gasteiger partial charge in [-0.15, -0.1) is 0 Å². The number of urea groups is 1.